The fourth-order valence-corrected chi connectivity index (χ4v) is 4.43. The van der Waals surface area contributed by atoms with Crippen molar-refractivity contribution in [3.05, 3.63) is 28.8 Å². The molecule has 256 valence electrons. The van der Waals surface area contributed by atoms with E-state index in [-0.39, 0.29) is 33.0 Å². The van der Waals surface area contributed by atoms with E-state index in [1.807, 2.05) is 6.92 Å². The predicted octanol–water partition coefficient (Wildman–Crippen LogP) is 5.25. The van der Waals surface area contributed by atoms with Crippen LogP contribution in [0.25, 0.3) is 0 Å². The van der Waals surface area contributed by atoms with E-state index in [4.69, 9.17) is 28.4 Å². The number of nitrogens with one attached hydrogen (secondary N) is 3. The number of hydrogen-bond acceptors (Lipinski definition) is 10. The van der Waals surface area contributed by atoms with Crippen LogP contribution >= 0.6 is 7.60 Å². The summed E-state index contributed by atoms with van der Waals surface area (Å²) in [6.07, 6.45) is 5.16. The molecule has 1 atom stereocenters. The van der Waals surface area contributed by atoms with E-state index in [1.54, 1.807) is 26.0 Å². The van der Waals surface area contributed by atoms with Gasteiger partial charge in [0, 0.05) is 19.8 Å². The van der Waals surface area contributed by atoms with Crippen molar-refractivity contribution in [1.29, 1.82) is 0 Å². The van der Waals surface area contributed by atoms with Crippen molar-refractivity contribution in [3.8, 4) is 5.75 Å². The van der Waals surface area contributed by atoms with E-state index in [1.165, 1.54) is 0 Å². The van der Waals surface area contributed by atoms with Crippen molar-refractivity contribution >= 4 is 31.8 Å². The van der Waals surface area contributed by atoms with Gasteiger partial charge in [0.25, 0.3) is 0 Å². The van der Waals surface area contributed by atoms with Gasteiger partial charge < -0.3 is 44.3 Å². The average molecular weight is 660 g/mol. The molecule has 0 aliphatic carbocycles. The van der Waals surface area contributed by atoms with Crippen molar-refractivity contribution in [2.45, 2.75) is 85.2 Å². The van der Waals surface area contributed by atoms with Crippen LogP contribution in [0.4, 0.5) is 14.4 Å². The van der Waals surface area contributed by atoms with Gasteiger partial charge in [-0.2, -0.15) is 0 Å². The van der Waals surface area contributed by atoms with Gasteiger partial charge >= 0.3 is 31.8 Å². The normalized spacial score (nSPS) is 12.0. The predicted molar refractivity (Wildman–Crippen MR) is 167 cm³/mol. The quantitative estimate of drug-likeness (QED) is 0.0418. The molecule has 1 unspecified atom stereocenters. The Morgan fingerprint density at radius 2 is 1.24 bits per heavy atom. The number of benzene rings is 1. The third-order valence-corrected chi connectivity index (χ3v) is 6.87. The van der Waals surface area contributed by atoms with E-state index >= 15 is 0 Å². The fourth-order valence-electron chi connectivity index (χ4n) is 3.96. The van der Waals surface area contributed by atoms with Crippen LogP contribution in [0.3, 0.4) is 0 Å². The summed E-state index contributed by atoms with van der Waals surface area (Å²) >= 11 is 0. The van der Waals surface area contributed by atoms with Crippen molar-refractivity contribution in [3.63, 3.8) is 0 Å². The number of carbonyl (C=O) groups is 4. The Bertz CT molecular complexity index is 1090. The molecular formula is C30H50N3O11P. The van der Waals surface area contributed by atoms with Crippen LogP contribution < -0.4 is 20.7 Å². The van der Waals surface area contributed by atoms with Crippen molar-refractivity contribution in [1.82, 2.24) is 16.0 Å². The van der Waals surface area contributed by atoms with Gasteiger partial charge in [0.05, 0.1) is 19.8 Å². The minimum atomic E-state index is -3.43. The zero-order valence-corrected chi connectivity index (χ0v) is 27.8. The van der Waals surface area contributed by atoms with Crippen LogP contribution in [-0.2, 0) is 34.7 Å². The molecule has 0 aliphatic rings. The molecule has 4 N–H and O–H groups in total. The van der Waals surface area contributed by atoms with Crippen LogP contribution in [0.5, 0.6) is 5.75 Å². The highest BCUT2D eigenvalue weighted by Gasteiger charge is 2.14. The average Bonchev–Trinajstić information content (AvgIpc) is 2.97. The Balaban J connectivity index is 2.22. The number of aryl methyl sites for hydroxylation is 2. The Kier molecular flexibility index (Phi) is 20.3. The number of unbranched alkanes of at least 4 members (excludes halogenated alkanes) is 6. The highest BCUT2D eigenvalue weighted by molar-refractivity contribution is 7.51. The molecule has 0 saturated heterocycles. The third kappa shape index (κ3) is 21.1. The first kappa shape index (κ1) is 39.7. The van der Waals surface area contributed by atoms with Crippen molar-refractivity contribution in [2.75, 3.05) is 46.1 Å². The summed E-state index contributed by atoms with van der Waals surface area (Å²) < 4.78 is 36.7. The summed E-state index contributed by atoms with van der Waals surface area (Å²) in [4.78, 5) is 56.7. The van der Waals surface area contributed by atoms with E-state index < -0.39 is 31.8 Å². The Morgan fingerprint density at radius 1 is 0.733 bits per heavy atom. The molecule has 14 nitrogen and oxygen atoms in total. The van der Waals surface area contributed by atoms with Gasteiger partial charge in [0.2, 0.25) is 0 Å². The van der Waals surface area contributed by atoms with Crippen LogP contribution in [0.15, 0.2) is 12.1 Å². The fraction of sp³-hybridized carbons (Fsp3) is 0.667. The molecule has 3 amide bonds. The lowest BCUT2D eigenvalue weighted by molar-refractivity contribution is -0.133. The van der Waals surface area contributed by atoms with E-state index in [0.717, 1.165) is 44.3 Å². The SMILES string of the molecule is CCCCNC(=O)OCCCCCOC(=O)NCC(=O)Oc1c(C)cc(COC(=O)NCCCCCCOP(C)(=O)O)cc1C. The van der Waals surface area contributed by atoms with Crippen LogP contribution in [0, 0.1) is 13.8 Å². The lowest BCUT2D eigenvalue weighted by Crippen LogP contribution is -2.32. The van der Waals surface area contributed by atoms with Gasteiger partial charge in [-0.25, -0.2) is 19.2 Å². The maximum Gasteiger partial charge on any atom is 0.407 e. The van der Waals surface area contributed by atoms with E-state index in [0.29, 0.717) is 55.6 Å². The highest BCUT2D eigenvalue weighted by Crippen LogP contribution is 2.36. The summed E-state index contributed by atoms with van der Waals surface area (Å²) in [5.41, 5.74) is 2.05. The maximum absolute atomic E-state index is 12.3. The van der Waals surface area contributed by atoms with Crippen LogP contribution in [0.1, 0.15) is 81.4 Å². The topological polar surface area (TPSA) is 188 Å². The smallest absolute Gasteiger partial charge is 0.407 e. The molecule has 0 bridgehead atoms. The number of hydrogen-bond donors (Lipinski definition) is 4. The number of alkyl carbamates (subject to hydrolysis) is 3. The molecule has 0 heterocycles. The largest absolute Gasteiger partial charge is 0.450 e. The minimum absolute atomic E-state index is 0.0338. The number of rotatable bonds is 22. The van der Waals surface area contributed by atoms with E-state index in [2.05, 4.69) is 16.0 Å². The van der Waals surface area contributed by atoms with Gasteiger partial charge in [0.15, 0.2) is 0 Å². The molecule has 1 rings (SSSR count). The van der Waals surface area contributed by atoms with Crippen molar-refractivity contribution < 1.29 is 52.1 Å². The van der Waals surface area contributed by atoms with Gasteiger partial charge in [-0.15, -0.1) is 0 Å². The Morgan fingerprint density at radius 3 is 1.84 bits per heavy atom. The molecule has 1 aromatic rings. The number of carbonyl (C=O) groups excluding carboxylic acids is 4. The second-order valence-corrected chi connectivity index (χ2v) is 12.4. The second-order valence-electron chi connectivity index (χ2n) is 10.6. The monoisotopic (exact) mass is 659 g/mol. The van der Waals surface area contributed by atoms with Gasteiger partial charge in [-0.3, -0.25) is 4.57 Å². The molecule has 0 aliphatic heterocycles. The Labute approximate surface area is 265 Å². The lowest BCUT2D eigenvalue weighted by Gasteiger charge is -2.14. The number of amides is 3. The first-order valence-corrected chi connectivity index (χ1v) is 17.4. The lowest BCUT2D eigenvalue weighted by atomic mass is 10.1. The Hall–Kier alpha value is -3.35. The van der Waals surface area contributed by atoms with Crippen molar-refractivity contribution in [2.24, 2.45) is 0 Å². The summed E-state index contributed by atoms with van der Waals surface area (Å²) in [6, 6.07) is 3.50. The van der Waals surface area contributed by atoms with E-state index in [9.17, 15) is 23.7 Å². The molecule has 0 radical (unpaired) electrons. The molecule has 15 heteroatoms. The summed E-state index contributed by atoms with van der Waals surface area (Å²) in [6.45, 7) is 8.08. The standard InChI is InChI=1S/C30H50N3O11P/c1-5-6-14-31-28(35)40-16-11-9-12-17-41-30(37)33-21-26(34)44-27-23(2)19-25(20-24(27)3)22-42-29(36)32-15-10-7-8-13-18-43-45(4,38)39/h19-20H,5-18,21-22H2,1-4H3,(H,31,35)(H,32,36)(H,33,37)(H,38,39). The first-order valence-electron chi connectivity index (χ1n) is 15.4. The summed E-state index contributed by atoms with van der Waals surface area (Å²) in [7, 11) is -3.43. The number of ether oxygens (including phenoxy) is 4. The number of esters is 1. The molecule has 0 saturated carbocycles. The van der Waals surface area contributed by atoms with Crippen LogP contribution in [0.2, 0.25) is 0 Å². The summed E-state index contributed by atoms with van der Waals surface area (Å²) in [5, 5.41) is 7.71. The maximum atomic E-state index is 12.3. The molecule has 0 spiro atoms. The van der Waals surface area contributed by atoms with Gasteiger partial charge in [0.1, 0.15) is 18.9 Å². The summed E-state index contributed by atoms with van der Waals surface area (Å²) in [5.74, 6) is -0.307. The first-order chi connectivity index (χ1) is 21.4. The second kappa shape index (κ2) is 23.1. The zero-order valence-electron chi connectivity index (χ0n) is 26.9. The van der Waals surface area contributed by atoms with Gasteiger partial charge in [-0.05, 0) is 81.2 Å². The molecule has 1 aromatic carbocycles. The van der Waals surface area contributed by atoms with Crippen LogP contribution in [-0.4, -0.2) is 75.3 Å². The molecule has 0 fully saturated rings. The molecule has 45 heavy (non-hydrogen) atoms. The zero-order chi connectivity index (χ0) is 33.5. The minimum Gasteiger partial charge on any atom is -0.450 e. The van der Waals surface area contributed by atoms with Gasteiger partial charge in [-0.1, -0.05) is 26.2 Å². The molecule has 0 aromatic heterocycles. The highest BCUT2D eigenvalue weighted by atomic mass is 31.2. The molecular weight excluding hydrogens is 609 g/mol. The third-order valence-electron chi connectivity index (χ3n) is 6.21.